The Morgan fingerprint density at radius 3 is 2.75 bits per heavy atom. The fourth-order valence-electron chi connectivity index (χ4n) is 1.66. The fraction of sp³-hybridized carbons (Fsp3) is 1.00. The predicted molar refractivity (Wildman–Crippen MR) is 50.0 cm³/mol. The summed E-state index contributed by atoms with van der Waals surface area (Å²) in [5, 5.41) is 3.71. The van der Waals surface area contributed by atoms with Crippen LogP contribution in [0.5, 0.6) is 0 Å². The molecule has 0 amide bonds. The van der Waals surface area contributed by atoms with Crippen molar-refractivity contribution in [2.24, 2.45) is 0 Å². The van der Waals surface area contributed by atoms with Crippen LogP contribution in [0.15, 0.2) is 0 Å². The van der Waals surface area contributed by atoms with E-state index >= 15 is 0 Å². The van der Waals surface area contributed by atoms with Crippen LogP contribution in [-0.4, -0.2) is 15.0 Å². The van der Waals surface area contributed by atoms with Crippen molar-refractivity contribution in [2.75, 3.05) is 11.0 Å². The van der Waals surface area contributed by atoms with Crippen LogP contribution < -0.4 is 26.5 Å². The van der Waals surface area contributed by atoms with E-state index in [4.69, 9.17) is 0 Å². The monoisotopic (exact) mass is 282 g/mol. The molecule has 2 heteroatoms. The Balaban J connectivity index is 2.19. The van der Waals surface area contributed by atoms with Crippen molar-refractivity contribution in [2.45, 2.75) is 49.5 Å². The standard InChI is InChI=1S/C10H21IN/c1-2-11-10-8-6-4-3-5-7-9-12-10/h10,12H,2-9H2,1H3/q-1. The van der Waals surface area contributed by atoms with E-state index in [1.54, 1.807) is 0 Å². The minimum atomic E-state index is 0.454. The van der Waals surface area contributed by atoms with Gasteiger partial charge in [-0.2, -0.15) is 0 Å². The van der Waals surface area contributed by atoms with Gasteiger partial charge in [0.15, 0.2) is 0 Å². The second kappa shape index (κ2) is 7.13. The van der Waals surface area contributed by atoms with Crippen molar-refractivity contribution < 1.29 is 21.2 Å². The van der Waals surface area contributed by atoms with Crippen LogP contribution in [0.4, 0.5) is 0 Å². The summed E-state index contributed by atoms with van der Waals surface area (Å²) in [7, 11) is 0. The molecule has 0 spiro atoms. The molecule has 1 saturated heterocycles. The molecule has 0 bridgehead atoms. The van der Waals surface area contributed by atoms with E-state index in [9.17, 15) is 0 Å². The van der Waals surface area contributed by atoms with Crippen molar-refractivity contribution in [3.63, 3.8) is 0 Å². The van der Waals surface area contributed by atoms with E-state index in [-0.39, 0.29) is 0 Å². The van der Waals surface area contributed by atoms with Crippen LogP contribution in [0.25, 0.3) is 0 Å². The van der Waals surface area contributed by atoms with Crippen molar-refractivity contribution in [1.82, 2.24) is 5.32 Å². The first-order valence-electron chi connectivity index (χ1n) is 5.24. The van der Waals surface area contributed by atoms with Gasteiger partial charge in [-0.05, 0) is 0 Å². The van der Waals surface area contributed by atoms with Crippen LogP contribution >= 0.6 is 0 Å². The molecule has 1 heterocycles. The van der Waals surface area contributed by atoms with Crippen molar-refractivity contribution >= 4 is 0 Å². The number of rotatable bonds is 2. The Kier molecular flexibility index (Phi) is 6.40. The summed E-state index contributed by atoms with van der Waals surface area (Å²) < 4.78 is 2.38. The molecule has 1 aliphatic rings. The molecule has 1 unspecified atom stereocenters. The van der Waals surface area contributed by atoms with E-state index < -0.39 is 0 Å². The third kappa shape index (κ3) is 4.65. The number of hydrogen-bond acceptors (Lipinski definition) is 1. The zero-order chi connectivity index (χ0) is 8.65. The van der Waals surface area contributed by atoms with Crippen molar-refractivity contribution in [3.05, 3.63) is 0 Å². The molecule has 1 aliphatic heterocycles. The molecule has 0 aromatic heterocycles. The van der Waals surface area contributed by atoms with Gasteiger partial charge in [-0.15, -0.1) is 0 Å². The third-order valence-electron chi connectivity index (χ3n) is 2.34. The number of nitrogens with one attached hydrogen (secondary N) is 1. The summed E-state index contributed by atoms with van der Waals surface area (Å²) in [6, 6.07) is 0. The van der Waals surface area contributed by atoms with E-state index in [1.807, 2.05) is 0 Å². The maximum atomic E-state index is 3.71. The average molecular weight is 282 g/mol. The Bertz CT molecular complexity index is 96.0. The van der Waals surface area contributed by atoms with E-state index in [2.05, 4.69) is 12.2 Å². The quantitative estimate of drug-likeness (QED) is 0.404. The number of hydrogen-bond donors (Lipinski definition) is 1. The van der Waals surface area contributed by atoms with Gasteiger partial charge in [0.05, 0.1) is 0 Å². The molecule has 1 nitrogen and oxygen atoms in total. The normalized spacial score (nSPS) is 27.6. The van der Waals surface area contributed by atoms with Crippen LogP contribution in [0, 0.1) is 0 Å². The maximum absolute atomic E-state index is 3.71. The van der Waals surface area contributed by atoms with E-state index in [1.165, 1.54) is 49.5 Å². The van der Waals surface area contributed by atoms with Crippen LogP contribution in [0.1, 0.15) is 45.4 Å². The van der Waals surface area contributed by atoms with Gasteiger partial charge < -0.3 is 0 Å². The van der Waals surface area contributed by atoms with Gasteiger partial charge in [-0.25, -0.2) is 0 Å². The average Bonchev–Trinajstić information content (AvgIpc) is 2.19. The molecule has 0 aliphatic carbocycles. The molecule has 74 valence electrons. The second-order valence-corrected chi connectivity index (χ2v) is 7.31. The molecule has 0 saturated carbocycles. The van der Waals surface area contributed by atoms with Crippen molar-refractivity contribution in [3.8, 4) is 0 Å². The Morgan fingerprint density at radius 2 is 1.92 bits per heavy atom. The molecular formula is C10H21IN-. The molecule has 12 heavy (non-hydrogen) atoms. The topological polar surface area (TPSA) is 12.0 Å². The molecule has 0 radical (unpaired) electrons. The van der Waals surface area contributed by atoms with Gasteiger partial charge in [-0.1, -0.05) is 0 Å². The van der Waals surface area contributed by atoms with Crippen molar-refractivity contribution in [1.29, 1.82) is 0 Å². The summed E-state index contributed by atoms with van der Waals surface area (Å²) in [4.78, 5) is 0. The summed E-state index contributed by atoms with van der Waals surface area (Å²) in [5.41, 5.74) is 0. The molecule has 1 fully saturated rings. The zero-order valence-corrected chi connectivity index (χ0v) is 10.3. The van der Waals surface area contributed by atoms with E-state index in [0.717, 1.165) is 4.05 Å². The second-order valence-electron chi connectivity index (χ2n) is 3.40. The Morgan fingerprint density at radius 1 is 1.17 bits per heavy atom. The Labute approximate surface area is 87.0 Å². The Hall–Kier alpha value is 0.690. The summed E-state index contributed by atoms with van der Waals surface area (Å²) in [5.74, 6) is 0. The first kappa shape index (κ1) is 10.8. The number of halogens is 1. The van der Waals surface area contributed by atoms with Gasteiger partial charge >= 0.3 is 87.0 Å². The van der Waals surface area contributed by atoms with Gasteiger partial charge in [0, 0.05) is 0 Å². The van der Waals surface area contributed by atoms with E-state index in [0.29, 0.717) is 21.2 Å². The fourth-order valence-corrected chi connectivity index (χ4v) is 4.22. The minimum absolute atomic E-state index is 0.454. The predicted octanol–water partition coefficient (Wildman–Crippen LogP) is -0.635. The van der Waals surface area contributed by atoms with Gasteiger partial charge in [-0.3, -0.25) is 0 Å². The first-order chi connectivity index (χ1) is 5.93. The molecular weight excluding hydrogens is 261 g/mol. The summed E-state index contributed by atoms with van der Waals surface area (Å²) in [6.07, 6.45) is 8.73. The SMILES string of the molecule is CC[I-]C1CCCCCCCN1. The van der Waals surface area contributed by atoms with Crippen LogP contribution in [0.2, 0.25) is 0 Å². The summed E-state index contributed by atoms with van der Waals surface area (Å²) >= 11 is 0.454. The third-order valence-corrected chi connectivity index (χ3v) is 5.35. The molecule has 1 rings (SSSR count). The molecule has 1 N–H and O–H groups in total. The zero-order valence-electron chi connectivity index (χ0n) is 8.11. The van der Waals surface area contributed by atoms with Gasteiger partial charge in [0.1, 0.15) is 0 Å². The number of alkyl halides is 2. The van der Waals surface area contributed by atoms with Crippen LogP contribution in [0.3, 0.4) is 0 Å². The molecule has 1 atom stereocenters. The van der Waals surface area contributed by atoms with Crippen LogP contribution in [-0.2, 0) is 0 Å². The first-order valence-corrected chi connectivity index (χ1v) is 8.01. The molecule has 0 aromatic carbocycles. The van der Waals surface area contributed by atoms with Gasteiger partial charge in [0.2, 0.25) is 0 Å². The van der Waals surface area contributed by atoms with Gasteiger partial charge in [0.25, 0.3) is 0 Å². The summed E-state index contributed by atoms with van der Waals surface area (Å²) in [6.45, 7) is 3.62. The molecule has 0 aromatic rings.